The Kier molecular flexibility index (Phi) is 7.95. The van der Waals surface area contributed by atoms with Gasteiger partial charge in [-0.3, -0.25) is 4.79 Å². The lowest BCUT2D eigenvalue weighted by atomic mass is 9.98. The van der Waals surface area contributed by atoms with E-state index in [-0.39, 0.29) is 5.91 Å². The van der Waals surface area contributed by atoms with Crippen LogP contribution in [0.1, 0.15) is 30.1 Å². The second kappa shape index (κ2) is 10.2. The highest BCUT2D eigenvalue weighted by Gasteiger charge is 2.21. The van der Waals surface area contributed by atoms with Gasteiger partial charge in [0.15, 0.2) is 0 Å². The summed E-state index contributed by atoms with van der Waals surface area (Å²) in [5.41, 5.74) is 1.50. The number of para-hydroxylation sites is 1. The van der Waals surface area contributed by atoms with E-state index in [0.29, 0.717) is 30.4 Å². The van der Waals surface area contributed by atoms with Crippen LogP contribution in [0.2, 0.25) is 0 Å². The molecule has 1 N–H and O–H groups in total. The number of piperidine rings is 1. The molecule has 1 aromatic rings. The maximum atomic E-state index is 12.6. The molecule has 1 heterocycles. The smallest absolute Gasteiger partial charge is 0.255 e. The second-order valence-corrected chi connectivity index (χ2v) is 6.75. The fourth-order valence-corrected chi connectivity index (χ4v) is 3.05. The minimum Gasteiger partial charge on any atom is -0.488 e. The largest absolute Gasteiger partial charge is 0.488 e. The predicted molar refractivity (Wildman–Crippen MR) is 100 cm³/mol. The van der Waals surface area contributed by atoms with Gasteiger partial charge in [0.2, 0.25) is 0 Å². The van der Waals surface area contributed by atoms with E-state index in [9.17, 15) is 4.79 Å². The molecular formula is C20H30N2O3. The van der Waals surface area contributed by atoms with E-state index < -0.39 is 0 Å². The third-order valence-electron chi connectivity index (χ3n) is 4.37. The number of hydrogen-bond donors (Lipinski definition) is 1. The molecule has 5 heteroatoms. The first-order valence-electron chi connectivity index (χ1n) is 8.96. The number of methoxy groups -OCH3 is 1. The summed E-state index contributed by atoms with van der Waals surface area (Å²) in [6.07, 6.45) is 2.32. The Labute approximate surface area is 151 Å². The maximum absolute atomic E-state index is 12.6. The van der Waals surface area contributed by atoms with Crippen molar-refractivity contribution in [2.45, 2.75) is 19.8 Å². The number of nitrogens with zero attached hydrogens (tertiary/aromatic N) is 1. The van der Waals surface area contributed by atoms with Crippen LogP contribution in [-0.2, 0) is 4.74 Å². The van der Waals surface area contributed by atoms with E-state index in [1.807, 2.05) is 25.1 Å². The maximum Gasteiger partial charge on any atom is 0.255 e. The molecule has 0 saturated carbocycles. The summed E-state index contributed by atoms with van der Waals surface area (Å²) in [7, 11) is 1.73. The van der Waals surface area contributed by atoms with E-state index in [1.165, 1.54) is 6.42 Å². The van der Waals surface area contributed by atoms with Gasteiger partial charge in [-0.1, -0.05) is 18.7 Å². The van der Waals surface area contributed by atoms with E-state index in [0.717, 1.165) is 38.2 Å². The number of carbonyl (C=O) groups is 1. The third kappa shape index (κ3) is 6.52. The highest BCUT2D eigenvalue weighted by molar-refractivity contribution is 5.96. The normalized spacial score (nSPS) is 17.9. The van der Waals surface area contributed by atoms with Crippen LogP contribution < -0.4 is 10.1 Å². The van der Waals surface area contributed by atoms with E-state index in [4.69, 9.17) is 9.47 Å². The molecular weight excluding hydrogens is 316 g/mol. The van der Waals surface area contributed by atoms with Gasteiger partial charge in [-0.25, -0.2) is 0 Å². The Morgan fingerprint density at radius 1 is 1.40 bits per heavy atom. The minimum absolute atomic E-state index is 0.0775. The van der Waals surface area contributed by atoms with Crippen molar-refractivity contribution in [1.29, 1.82) is 0 Å². The lowest BCUT2D eigenvalue weighted by Gasteiger charge is -2.32. The first-order valence-corrected chi connectivity index (χ1v) is 8.96. The number of amides is 1. The van der Waals surface area contributed by atoms with Crippen molar-refractivity contribution in [3.8, 4) is 5.75 Å². The molecule has 138 valence electrons. The van der Waals surface area contributed by atoms with E-state index >= 15 is 0 Å². The monoisotopic (exact) mass is 346 g/mol. The number of hydrogen-bond acceptors (Lipinski definition) is 4. The Morgan fingerprint density at radius 2 is 2.20 bits per heavy atom. The summed E-state index contributed by atoms with van der Waals surface area (Å²) in [5.74, 6) is 1.01. The second-order valence-electron chi connectivity index (χ2n) is 6.75. The average Bonchev–Trinajstić information content (AvgIpc) is 2.63. The molecule has 1 saturated heterocycles. The van der Waals surface area contributed by atoms with Gasteiger partial charge in [-0.2, -0.15) is 0 Å². The lowest BCUT2D eigenvalue weighted by Crippen LogP contribution is -2.42. The lowest BCUT2D eigenvalue weighted by molar-refractivity contribution is 0.0909. The molecule has 0 bridgehead atoms. The molecule has 5 nitrogen and oxygen atoms in total. The Bertz CT molecular complexity index is 574. The van der Waals surface area contributed by atoms with Gasteiger partial charge in [0.25, 0.3) is 5.91 Å². The number of ether oxygens (including phenoxy) is 2. The molecule has 1 amide bonds. The molecule has 0 aromatic heterocycles. The molecule has 1 aliphatic heterocycles. The van der Waals surface area contributed by atoms with Crippen molar-refractivity contribution in [2.75, 3.05) is 46.5 Å². The van der Waals surface area contributed by atoms with Crippen LogP contribution in [0.3, 0.4) is 0 Å². The van der Waals surface area contributed by atoms with Crippen molar-refractivity contribution in [2.24, 2.45) is 5.92 Å². The molecule has 2 rings (SSSR count). The number of rotatable bonds is 9. The number of carbonyl (C=O) groups excluding carboxylic acids is 1. The first kappa shape index (κ1) is 19.5. The number of nitrogens with one attached hydrogen (secondary N) is 1. The molecule has 1 aliphatic rings. The Balaban J connectivity index is 1.86. The Hall–Kier alpha value is -1.85. The van der Waals surface area contributed by atoms with Crippen LogP contribution in [0.4, 0.5) is 0 Å². The van der Waals surface area contributed by atoms with Gasteiger partial charge in [0.05, 0.1) is 12.2 Å². The van der Waals surface area contributed by atoms with Crippen molar-refractivity contribution < 1.29 is 14.3 Å². The van der Waals surface area contributed by atoms with Gasteiger partial charge < -0.3 is 19.7 Å². The topological polar surface area (TPSA) is 50.8 Å². The number of likely N-dealkylation sites (tertiary alicyclic amines) is 1. The quantitative estimate of drug-likeness (QED) is 0.699. The van der Waals surface area contributed by atoms with Gasteiger partial charge in [-0.15, -0.1) is 0 Å². The van der Waals surface area contributed by atoms with Crippen LogP contribution in [0.25, 0.3) is 0 Å². The molecule has 0 spiro atoms. The van der Waals surface area contributed by atoms with Gasteiger partial charge in [0, 0.05) is 26.7 Å². The van der Waals surface area contributed by atoms with E-state index in [2.05, 4.69) is 16.8 Å². The standard InChI is InChI=1S/C20H30N2O3/c1-16(2)15-25-19-9-5-4-8-18(19)20(23)21-13-17-7-6-10-22(14-17)11-12-24-3/h4-5,8-9,17H,1,6-7,10-15H2,2-3H3,(H,21,23)/t17-/m1/s1. The highest BCUT2D eigenvalue weighted by Crippen LogP contribution is 2.19. The summed E-state index contributed by atoms with van der Waals surface area (Å²) in [6.45, 7) is 10.7. The third-order valence-corrected chi connectivity index (χ3v) is 4.37. The predicted octanol–water partition coefficient (Wildman–Crippen LogP) is 2.73. The molecule has 1 fully saturated rings. The minimum atomic E-state index is -0.0775. The summed E-state index contributed by atoms with van der Waals surface area (Å²) in [4.78, 5) is 15.0. The van der Waals surface area contributed by atoms with Crippen LogP contribution >= 0.6 is 0 Å². The highest BCUT2D eigenvalue weighted by atomic mass is 16.5. The molecule has 0 radical (unpaired) electrons. The zero-order valence-electron chi connectivity index (χ0n) is 15.4. The summed E-state index contributed by atoms with van der Waals surface area (Å²) in [6, 6.07) is 7.36. The van der Waals surface area contributed by atoms with Crippen LogP contribution in [0.15, 0.2) is 36.4 Å². The van der Waals surface area contributed by atoms with Crippen molar-refractivity contribution in [3.05, 3.63) is 42.0 Å². The van der Waals surface area contributed by atoms with Crippen LogP contribution in [0.5, 0.6) is 5.75 Å². The first-order chi connectivity index (χ1) is 12.1. The zero-order chi connectivity index (χ0) is 18.1. The van der Waals surface area contributed by atoms with Crippen LogP contribution in [0, 0.1) is 5.92 Å². The molecule has 0 unspecified atom stereocenters. The van der Waals surface area contributed by atoms with Crippen molar-refractivity contribution in [1.82, 2.24) is 10.2 Å². The summed E-state index contributed by atoms with van der Waals surface area (Å²) >= 11 is 0. The fourth-order valence-electron chi connectivity index (χ4n) is 3.05. The molecule has 1 aromatic carbocycles. The van der Waals surface area contributed by atoms with Crippen molar-refractivity contribution in [3.63, 3.8) is 0 Å². The summed E-state index contributed by atoms with van der Waals surface area (Å²) in [5, 5.41) is 3.07. The van der Waals surface area contributed by atoms with E-state index in [1.54, 1.807) is 13.2 Å². The molecule has 25 heavy (non-hydrogen) atoms. The molecule has 1 atom stereocenters. The number of benzene rings is 1. The van der Waals surface area contributed by atoms with Crippen LogP contribution in [-0.4, -0.2) is 57.3 Å². The van der Waals surface area contributed by atoms with Gasteiger partial charge in [-0.05, 0) is 49.9 Å². The average molecular weight is 346 g/mol. The van der Waals surface area contributed by atoms with Crippen molar-refractivity contribution >= 4 is 5.91 Å². The van der Waals surface area contributed by atoms with Gasteiger partial charge in [0.1, 0.15) is 12.4 Å². The fraction of sp³-hybridized carbons (Fsp3) is 0.550. The zero-order valence-corrected chi connectivity index (χ0v) is 15.4. The Morgan fingerprint density at radius 3 is 2.96 bits per heavy atom. The van der Waals surface area contributed by atoms with Gasteiger partial charge >= 0.3 is 0 Å². The SMILES string of the molecule is C=C(C)COc1ccccc1C(=O)NC[C@H]1CCCN(CCOC)C1. The summed E-state index contributed by atoms with van der Waals surface area (Å²) < 4.78 is 10.8. The molecule has 0 aliphatic carbocycles.